The Labute approximate surface area is 141 Å². The molecule has 5 nitrogen and oxygen atoms in total. The molecule has 1 N–H and O–H groups in total. The van der Waals surface area contributed by atoms with Gasteiger partial charge in [-0.2, -0.15) is 0 Å². The van der Waals surface area contributed by atoms with Crippen molar-refractivity contribution in [1.82, 2.24) is 0 Å². The van der Waals surface area contributed by atoms with E-state index in [4.69, 9.17) is 0 Å². The van der Waals surface area contributed by atoms with Gasteiger partial charge < -0.3 is 19.5 Å². The molecule has 0 saturated carbocycles. The van der Waals surface area contributed by atoms with Crippen LogP contribution >= 0.6 is 0 Å². The fourth-order valence-corrected chi connectivity index (χ4v) is 3.06. The maximum absolute atomic E-state index is 11.6. The third-order valence-corrected chi connectivity index (χ3v) is 4.73. The lowest BCUT2D eigenvalue weighted by atomic mass is 9.88. The first-order valence-corrected chi connectivity index (χ1v) is 8.96. The van der Waals surface area contributed by atoms with E-state index in [2.05, 4.69) is 6.92 Å². The average Bonchev–Trinajstić information content (AvgIpc) is 2.42. The summed E-state index contributed by atoms with van der Waals surface area (Å²) < 4.78 is -0.165. The second-order valence-corrected chi connectivity index (χ2v) is 7.40. The van der Waals surface area contributed by atoms with Crippen molar-refractivity contribution < 1.29 is 24.3 Å². The van der Waals surface area contributed by atoms with Crippen LogP contribution in [0.3, 0.4) is 0 Å². The van der Waals surface area contributed by atoms with Crippen molar-refractivity contribution in [2.45, 2.75) is 83.1 Å². The van der Waals surface area contributed by atoms with E-state index in [9.17, 15) is 19.8 Å². The number of hydrogen-bond acceptors (Lipinski definition) is 3. The largest absolute Gasteiger partial charge is 0.543 e. The molecule has 0 fully saturated rings. The highest BCUT2D eigenvalue weighted by molar-refractivity contribution is 6.00. The zero-order valence-electron chi connectivity index (χ0n) is 15.4. The van der Waals surface area contributed by atoms with E-state index in [0.717, 1.165) is 19.3 Å². The number of nitrogens with zero attached hydrogens (tertiary/aromatic N) is 1. The monoisotopic (exact) mass is 329 g/mol. The van der Waals surface area contributed by atoms with Crippen LogP contribution in [0.15, 0.2) is 0 Å². The molecule has 0 bridgehead atoms. The lowest BCUT2D eigenvalue weighted by Crippen LogP contribution is -2.70. The van der Waals surface area contributed by atoms with Gasteiger partial charge in [0, 0.05) is 6.42 Å². The van der Waals surface area contributed by atoms with Gasteiger partial charge in [-0.15, -0.1) is 0 Å². The first kappa shape index (κ1) is 21.9. The van der Waals surface area contributed by atoms with Crippen molar-refractivity contribution >= 4 is 11.9 Å². The number of hydrogen-bond donors (Lipinski definition) is 1. The van der Waals surface area contributed by atoms with E-state index in [0.29, 0.717) is 6.42 Å². The fraction of sp³-hybridized carbons (Fsp3) is 0.889. The number of aliphatic carboxylic acids is 2. The van der Waals surface area contributed by atoms with E-state index in [-0.39, 0.29) is 10.9 Å². The average molecular weight is 329 g/mol. The summed E-state index contributed by atoms with van der Waals surface area (Å²) in [6.07, 6.45) is 11.4. The maximum atomic E-state index is 11.6. The number of carbonyl (C=O) groups excluding carboxylic acids is 1. The highest BCUT2D eigenvalue weighted by atomic mass is 16.4. The van der Waals surface area contributed by atoms with Crippen LogP contribution in [0, 0.1) is 0 Å². The molecule has 0 rings (SSSR count). The van der Waals surface area contributed by atoms with Crippen molar-refractivity contribution in [3.05, 3.63) is 0 Å². The van der Waals surface area contributed by atoms with Gasteiger partial charge in [-0.05, 0) is 6.42 Å². The summed E-state index contributed by atoms with van der Waals surface area (Å²) in [7, 11) is 4.79. The van der Waals surface area contributed by atoms with Crippen LogP contribution in [0.1, 0.15) is 77.6 Å². The molecule has 1 atom stereocenters. The van der Waals surface area contributed by atoms with Gasteiger partial charge in [0.2, 0.25) is 5.54 Å². The third kappa shape index (κ3) is 6.90. The number of quaternary nitrogens is 1. The van der Waals surface area contributed by atoms with E-state index in [1.165, 1.54) is 38.5 Å². The standard InChI is InChI=1S/C18H35NO4/c1-5-6-7-8-9-10-11-12-13-14-15-18(16(20)21,17(22)23)19(2,3)4/h5-15H2,1-4H3,(H-,20,21,22,23). The molecule has 0 aromatic carbocycles. The van der Waals surface area contributed by atoms with Crippen LogP contribution in [-0.2, 0) is 9.59 Å². The first-order valence-electron chi connectivity index (χ1n) is 8.96. The molecule has 0 radical (unpaired) electrons. The Hall–Kier alpha value is -1.10. The summed E-state index contributed by atoms with van der Waals surface area (Å²) in [5.41, 5.74) is -1.86. The topological polar surface area (TPSA) is 77.4 Å². The SMILES string of the molecule is CCCCCCCCCCCCC(C(=O)[O-])(C(=O)O)[N+](C)(C)C. The van der Waals surface area contributed by atoms with Crippen LogP contribution < -0.4 is 5.11 Å². The molecule has 0 aliphatic rings. The Kier molecular flexibility index (Phi) is 10.1. The third-order valence-electron chi connectivity index (χ3n) is 4.73. The van der Waals surface area contributed by atoms with Crippen molar-refractivity contribution in [2.75, 3.05) is 21.1 Å². The molecule has 23 heavy (non-hydrogen) atoms. The van der Waals surface area contributed by atoms with Gasteiger partial charge >= 0.3 is 5.97 Å². The predicted octanol–water partition coefficient (Wildman–Crippen LogP) is 2.58. The highest BCUT2D eigenvalue weighted by Crippen LogP contribution is 2.26. The normalized spacial score (nSPS) is 14.4. The first-order chi connectivity index (χ1) is 10.7. The zero-order chi connectivity index (χ0) is 17.9. The van der Waals surface area contributed by atoms with Crippen molar-refractivity contribution in [2.24, 2.45) is 0 Å². The molecule has 0 aromatic rings. The van der Waals surface area contributed by atoms with Gasteiger partial charge in [-0.3, -0.25) is 0 Å². The van der Waals surface area contributed by atoms with Crippen LogP contribution in [0.25, 0.3) is 0 Å². The van der Waals surface area contributed by atoms with Crippen LogP contribution in [0.4, 0.5) is 0 Å². The zero-order valence-corrected chi connectivity index (χ0v) is 15.4. The minimum atomic E-state index is -1.86. The fourth-order valence-electron chi connectivity index (χ4n) is 3.06. The molecular weight excluding hydrogens is 294 g/mol. The summed E-state index contributed by atoms with van der Waals surface area (Å²) in [5.74, 6) is -2.80. The minimum absolute atomic E-state index is 0.116. The lowest BCUT2D eigenvalue weighted by Gasteiger charge is -2.43. The van der Waals surface area contributed by atoms with Gasteiger partial charge in [-0.25, -0.2) is 4.79 Å². The van der Waals surface area contributed by atoms with Gasteiger partial charge in [0.05, 0.1) is 21.1 Å². The summed E-state index contributed by atoms with van der Waals surface area (Å²) in [4.78, 5) is 23.1. The van der Waals surface area contributed by atoms with E-state index >= 15 is 0 Å². The van der Waals surface area contributed by atoms with Crippen LogP contribution in [0.2, 0.25) is 0 Å². The van der Waals surface area contributed by atoms with Gasteiger partial charge in [-0.1, -0.05) is 64.7 Å². The molecule has 136 valence electrons. The van der Waals surface area contributed by atoms with E-state index < -0.39 is 17.5 Å². The number of likely N-dealkylation sites (N-methyl/N-ethyl adjacent to an activating group) is 1. The number of rotatable bonds is 14. The molecule has 0 aliphatic carbocycles. The quantitative estimate of drug-likeness (QED) is 0.302. The van der Waals surface area contributed by atoms with E-state index in [1.807, 2.05) is 0 Å². The van der Waals surface area contributed by atoms with E-state index in [1.54, 1.807) is 21.1 Å². The summed E-state index contributed by atoms with van der Waals surface area (Å²) in [6, 6.07) is 0. The van der Waals surface area contributed by atoms with Gasteiger partial charge in [0.25, 0.3) is 0 Å². The molecule has 5 heteroatoms. The number of carbonyl (C=O) groups is 2. The Morgan fingerprint density at radius 3 is 1.57 bits per heavy atom. The maximum Gasteiger partial charge on any atom is 0.372 e. The highest BCUT2D eigenvalue weighted by Gasteiger charge is 2.51. The summed E-state index contributed by atoms with van der Waals surface area (Å²) >= 11 is 0. The predicted molar refractivity (Wildman–Crippen MR) is 89.9 cm³/mol. The Bertz CT molecular complexity index is 347. The second kappa shape index (κ2) is 10.6. The van der Waals surface area contributed by atoms with Crippen molar-refractivity contribution in [3.8, 4) is 0 Å². The molecule has 0 heterocycles. The number of unbranched alkanes of at least 4 members (excludes halogenated alkanes) is 9. The Balaban J connectivity index is 4.12. The molecule has 1 unspecified atom stereocenters. The Morgan fingerprint density at radius 2 is 1.26 bits per heavy atom. The minimum Gasteiger partial charge on any atom is -0.543 e. The molecule has 0 saturated heterocycles. The van der Waals surface area contributed by atoms with Crippen LogP contribution in [-0.4, -0.2) is 48.2 Å². The van der Waals surface area contributed by atoms with Gasteiger partial charge in [0.1, 0.15) is 5.97 Å². The molecule has 0 aliphatic heterocycles. The number of carboxylic acid groups (broad SMARTS) is 2. The second-order valence-electron chi connectivity index (χ2n) is 7.40. The molecular formula is C18H35NO4. The van der Waals surface area contributed by atoms with Crippen molar-refractivity contribution in [1.29, 1.82) is 0 Å². The molecule has 0 amide bonds. The lowest BCUT2D eigenvalue weighted by molar-refractivity contribution is -0.907. The Morgan fingerprint density at radius 1 is 0.870 bits per heavy atom. The van der Waals surface area contributed by atoms with Crippen LogP contribution in [0.5, 0.6) is 0 Å². The summed E-state index contributed by atoms with van der Waals surface area (Å²) in [6.45, 7) is 2.21. The molecule has 0 aromatic heterocycles. The van der Waals surface area contributed by atoms with Gasteiger partial charge in [0.15, 0.2) is 0 Å². The number of carboxylic acids is 2. The smallest absolute Gasteiger partial charge is 0.372 e. The van der Waals surface area contributed by atoms with Crippen molar-refractivity contribution in [3.63, 3.8) is 0 Å². The molecule has 0 spiro atoms. The summed E-state index contributed by atoms with van der Waals surface area (Å²) in [5, 5.41) is 20.9.